The van der Waals surface area contributed by atoms with E-state index in [0.29, 0.717) is 12.4 Å². The average Bonchev–Trinajstić information content (AvgIpc) is 3.18. The summed E-state index contributed by atoms with van der Waals surface area (Å²) in [5.41, 5.74) is 3.21. The Morgan fingerprint density at radius 2 is 1.89 bits per heavy atom. The van der Waals surface area contributed by atoms with Gasteiger partial charge in [-0.1, -0.05) is 30.3 Å². The van der Waals surface area contributed by atoms with E-state index in [-0.39, 0.29) is 6.10 Å². The van der Waals surface area contributed by atoms with Gasteiger partial charge >= 0.3 is 0 Å². The van der Waals surface area contributed by atoms with Crippen molar-refractivity contribution in [3.63, 3.8) is 0 Å². The van der Waals surface area contributed by atoms with Crippen LogP contribution in [0, 0.1) is 0 Å². The number of rotatable bonds is 3. The van der Waals surface area contributed by atoms with Gasteiger partial charge in [0.15, 0.2) is 5.82 Å². The minimum Gasteiger partial charge on any atom is -0.391 e. The van der Waals surface area contributed by atoms with E-state index >= 15 is 0 Å². The Morgan fingerprint density at radius 1 is 1.04 bits per heavy atom. The van der Waals surface area contributed by atoms with E-state index in [1.165, 1.54) is 0 Å². The molecule has 28 heavy (non-hydrogen) atoms. The van der Waals surface area contributed by atoms with Crippen molar-refractivity contribution in [3.8, 4) is 22.5 Å². The smallest absolute Gasteiger partial charge is 0.164 e. The maximum atomic E-state index is 10.2. The molecule has 0 amide bonds. The third-order valence-electron chi connectivity index (χ3n) is 5.12. The number of thiophene rings is 1. The molecule has 6 heteroatoms. The van der Waals surface area contributed by atoms with Gasteiger partial charge in [-0.05, 0) is 30.5 Å². The van der Waals surface area contributed by atoms with Gasteiger partial charge < -0.3 is 10.0 Å². The van der Waals surface area contributed by atoms with Crippen LogP contribution in [-0.4, -0.2) is 39.3 Å². The van der Waals surface area contributed by atoms with Gasteiger partial charge in [-0.3, -0.25) is 4.98 Å². The van der Waals surface area contributed by atoms with E-state index in [1.54, 1.807) is 23.7 Å². The van der Waals surface area contributed by atoms with Crippen molar-refractivity contribution in [1.82, 2.24) is 15.0 Å². The average molecular weight is 388 g/mol. The number of anilines is 1. The molecule has 0 bridgehead atoms. The lowest BCUT2D eigenvalue weighted by atomic mass is 10.0. The quantitative estimate of drug-likeness (QED) is 0.564. The highest BCUT2D eigenvalue weighted by Crippen LogP contribution is 2.40. The minimum atomic E-state index is -0.320. The third-order valence-corrected chi connectivity index (χ3v) is 5.99. The van der Waals surface area contributed by atoms with E-state index in [2.05, 4.69) is 27.4 Å². The highest BCUT2D eigenvalue weighted by Gasteiger charge is 2.24. The Hall–Kier alpha value is -2.83. The molecule has 4 heterocycles. The molecule has 0 spiro atoms. The second kappa shape index (κ2) is 7.30. The van der Waals surface area contributed by atoms with Crippen LogP contribution < -0.4 is 4.90 Å². The van der Waals surface area contributed by atoms with Crippen LogP contribution in [0.1, 0.15) is 12.8 Å². The number of benzene rings is 1. The van der Waals surface area contributed by atoms with Gasteiger partial charge in [0.25, 0.3) is 0 Å². The highest BCUT2D eigenvalue weighted by atomic mass is 32.1. The summed E-state index contributed by atoms with van der Waals surface area (Å²) in [4.78, 5) is 17.2. The topological polar surface area (TPSA) is 62.1 Å². The van der Waals surface area contributed by atoms with Crippen molar-refractivity contribution in [1.29, 1.82) is 0 Å². The monoisotopic (exact) mass is 388 g/mol. The van der Waals surface area contributed by atoms with Crippen molar-refractivity contribution in [2.75, 3.05) is 18.0 Å². The van der Waals surface area contributed by atoms with E-state index in [0.717, 1.165) is 52.1 Å². The van der Waals surface area contributed by atoms with Crippen LogP contribution in [0.4, 0.5) is 5.82 Å². The number of β-amino-alcohol motifs (C(OH)–C–C–N with tert-alkyl or cyclic N) is 1. The molecule has 0 aliphatic carbocycles. The fraction of sp³-hybridized carbons (Fsp3) is 0.227. The summed E-state index contributed by atoms with van der Waals surface area (Å²) in [7, 11) is 0. The van der Waals surface area contributed by atoms with Crippen LogP contribution in [-0.2, 0) is 0 Å². The number of pyridine rings is 1. The summed E-state index contributed by atoms with van der Waals surface area (Å²) in [6, 6.07) is 14.2. The zero-order valence-electron chi connectivity index (χ0n) is 15.3. The first-order chi connectivity index (χ1) is 13.8. The summed E-state index contributed by atoms with van der Waals surface area (Å²) in [5.74, 6) is 1.58. The molecule has 0 radical (unpaired) electrons. The van der Waals surface area contributed by atoms with Gasteiger partial charge in [0.2, 0.25) is 0 Å². The van der Waals surface area contributed by atoms with Crippen LogP contribution >= 0.6 is 11.3 Å². The van der Waals surface area contributed by atoms with Gasteiger partial charge in [0.1, 0.15) is 10.6 Å². The molecular formula is C22H20N4OS. The normalized spacial score (nSPS) is 17.2. The van der Waals surface area contributed by atoms with Crippen LogP contribution in [0.3, 0.4) is 0 Å². The molecule has 1 aliphatic rings. The molecule has 0 saturated carbocycles. The first-order valence-electron chi connectivity index (χ1n) is 9.47. The van der Waals surface area contributed by atoms with Gasteiger partial charge in [-0.15, -0.1) is 11.3 Å². The zero-order valence-corrected chi connectivity index (χ0v) is 16.1. The highest BCUT2D eigenvalue weighted by molar-refractivity contribution is 7.17. The van der Waals surface area contributed by atoms with Crippen molar-refractivity contribution in [3.05, 3.63) is 60.2 Å². The van der Waals surface area contributed by atoms with Crippen molar-refractivity contribution in [2.24, 2.45) is 0 Å². The number of aromatic nitrogens is 3. The standard InChI is InChI=1S/C22H20N4OS/c27-17-9-5-11-26(13-17)21-19-18(15-6-2-1-3-7-15)14-28-22(19)25-20(24-21)16-8-4-10-23-12-16/h1-4,6-8,10,12,14,17,27H,5,9,11,13H2. The van der Waals surface area contributed by atoms with Crippen LogP contribution in [0.25, 0.3) is 32.7 Å². The van der Waals surface area contributed by atoms with Crippen LogP contribution in [0.2, 0.25) is 0 Å². The minimum absolute atomic E-state index is 0.320. The largest absolute Gasteiger partial charge is 0.391 e. The molecule has 1 atom stereocenters. The molecule has 1 saturated heterocycles. The van der Waals surface area contributed by atoms with Gasteiger partial charge in [0, 0.05) is 42.0 Å². The Labute approximate surface area is 167 Å². The lowest BCUT2D eigenvalue weighted by Crippen LogP contribution is -2.38. The van der Waals surface area contributed by atoms with Gasteiger partial charge in [-0.2, -0.15) is 0 Å². The lowest BCUT2D eigenvalue weighted by molar-refractivity contribution is 0.154. The number of piperidine rings is 1. The fourth-order valence-corrected chi connectivity index (χ4v) is 4.70. The molecule has 5 rings (SSSR count). The molecule has 1 aliphatic heterocycles. The number of hydrogen-bond acceptors (Lipinski definition) is 6. The second-order valence-electron chi connectivity index (χ2n) is 7.05. The van der Waals surface area contributed by atoms with Gasteiger partial charge in [0.05, 0.1) is 11.5 Å². The number of hydrogen-bond donors (Lipinski definition) is 1. The first kappa shape index (κ1) is 17.3. The van der Waals surface area contributed by atoms with Crippen molar-refractivity contribution >= 4 is 27.4 Å². The predicted molar refractivity (Wildman–Crippen MR) is 114 cm³/mol. The molecule has 1 unspecified atom stereocenters. The molecule has 5 nitrogen and oxygen atoms in total. The van der Waals surface area contributed by atoms with Crippen molar-refractivity contribution in [2.45, 2.75) is 18.9 Å². The number of aliphatic hydroxyl groups excluding tert-OH is 1. The molecule has 3 aromatic heterocycles. The summed E-state index contributed by atoms with van der Waals surface area (Å²) in [6.07, 6.45) is 5.03. The number of nitrogens with zero attached hydrogens (tertiary/aromatic N) is 4. The number of aliphatic hydroxyl groups is 1. The van der Waals surface area contributed by atoms with E-state index in [4.69, 9.17) is 9.97 Å². The fourth-order valence-electron chi connectivity index (χ4n) is 3.75. The second-order valence-corrected chi connectivity index (χ2v) is 7.91. The maximum Gasteiger partial charge on any atom is 0.164 e. The summed E-state index contributed by atoms with van der Waals surface area (Å²) < 4.78 is 0. The van der Waals surface area contributed by atoms with E-state index in [1.807, 2.05) is 30.3 Å². The van der Waals surface area contributed by atoms with Gasteiger partial charge in [-0.25, -0.2) is 9.97 Å². The first-order valence-corrected chi connectivity index (χ1v) is 10.4. The molecule has 1 aromatic carbocycles. The molecular weight excluding hydrogens is 368 g/mol. The predicted octanol–water partition coefficient (Wildman–Crippen LogP) is 4.38. The summed E-state index contributed by atoms with van der Waals surface area (Å²) >= 11 is 1.64. The molecule has 4 aromatic rings. The third kappa shape index (κ3) is 3.15. The van der Waals surface area contributed by atoms with E-state index in [9.17, 15) is 5.11 Å². The Balaban J connectivity index is 1.73. The van der Waals surface area contributed by atoms with Crippen molar-refractivity contribution < 1.29 is 5.11 Å². The zero-order chi connectivity index (χ0) is 18.9. The molecule has 1 fully saturated rings. The van der Waals surface area contributed by atoms with Crippen LogP contribution in [0.5, 0.6) is 0 Å². The molecule has 1 N–H and O–H groups in total. The SMILES string of the molecule is OC1CCCN(c2nc(-c3cccnc3)nc3scc(-c4ccccc4)c23)C1. The Morgan fingerprint density at radius 3 is 2.68 bits per heavy atom. The maximum absolute atomic E-state index is 10.2. The Kier molecular flexibility index (Phi) is 4.50. The Bertz CT molecular complexity index is 1100. The van der Waals surface area contributed by atoms with Crippen LogP contribution in [0.15, 0.2) is 60.2 Å². The van der Waals surface area contributed by atoms with E-state index < -0.39 is 0 Å². The summed E-state index contributed by atoms with van der Waals surface area (Å²) in [5, 5.41) is 13.5. The molecule has 140 valence electrons. The number of fused-ring (bicyclic) bond motifs is 1. The lowest BCUT2D eigenvalue weighted by Gasteiger charge is -2.31. The summed E-state index contributed by atoms with van der Waals surface area (Å²) in [6.45, 7) is 1.49.